The van der Waals surface area contributed by atoms with E-state index in [-0.39, 0.29) is 10.6 Å². The fraction of sp³-hybridized carbons (Fsp3) is 0.143. The molecule has 0 saturated carbocycles. The number of hydrogen-bond donors (Lipinski definition) is 3. The van der Waals surface area contributed by atoms with Crippen LogP contribution >= 0.6 is 0 Å². The third kappa shape index (κ3) is 3.49. The second-order valence-corrected chi connectivity index (χ2v) is 6.12. The van der Waals surface area contributed by atoms with Gasteiger partial charge in [-0.05, 0) is 31.2 Å². The average Bonchev–Trinajstić information content (AvgIpc) is 2.39. The molecule has 0 radical (unpaired) electrons. The van der Waals surface area contributed by atoms with Crippen molar-refractivity contribution in [3.8, 4) is 5.75 Å². The Balaban J connectivity index is 2.17. The zero-order valence-electron chi connectivity index (χ0n) is 11.0. The largest absolute Gasteiger partial charge is 0.508 e. The van der Waals surface area contributed by atoms with E-state index in [1.165, 1.54) is 12.1 Å². The lowest BCUT2D eigenvalue weighted by Crippen LogP contribution is -2.12. The SMILES string of the molecule is Cc1ccc(O)c(CNc2cccc(S(N)(=O)=O)c2)c1. The molecule has 0 heterocycles. The molecule has 0 bridgehead atoms. The Morgan fingerprint density at radius 2 is 1.95 bits per heavy atom. The normalized spacial score (nSPS) is 11.3. The Morgan fingerprint density at radius 1 is 1.20 bits per heavy atom. The van der Waals surface area contributed by atoms with Gasteiger partial charge in [-0.3, -0.25) is 0 Å². The molecular weight excluding hydrogens is 276 g/mol. The maximum absolute atomic E-state index is 11.3. The van der Waals surface area contributed by atoms with Gasteiger partial charge in [0.15, 0.2) is 0 Å². The van der Waals surface area contributed by atoms with Crippen LogP contribution in [0.3, 0.4) is 0 Å². The lowest BCUT2D eigenvalue weighted by molar-refractivity contribution is 0.469. The van der Waals surface area contributed by atoms with E-state index < -0.39 is 10.0 Å². The first-order valence-corrected chi connectivity index (χ1v) is 7.56. The quantitative estimate of drug-likeness (QED) is 0.803. The molecule has 0 aliphatic rings. The molecule has 2 aromatic carbocycles. The van der Waals surface area contributed by atoms with E-state index in [2.05, 4.69) is 5.32 Å². The molecule has 5 nitrogen and oxygen atoms in total. The van der Waals surface area contributed by atoms with E-state index in [0.29, 0.717) is 12.2 Å². The lowest BCUT2D eigenvalue weighted by atomic mass is 10.1. The molecule has 106 valence electrons. The zero-order chi connectivity index (χ0) is 14.8. The third-order valence-electron chi connectivity index (χ3n) is 2.88. The molecule has 0 atom stereocenters. The average molecular weight is 292 g/mol. The van der Waals surface area contributed by atoms with Gasteiger partial charge in [0.1, 0.15) is 5.75 Å². The van der Waals surface area contributed by atoms with Crippen molar-refractivity contribution in [3.63, 3.8) is 0 Å². The van der Waals surface area contributed by atoms with Crippen LogP contribution < -0.4 is 10.5 Å². The first-order valence-electron chi connectivity index (χ1n) is 6.01. The van der Waals surface area contributed by atoms with E-state index in [1.54, 1.807) is 18.2 Å². The summed E-state index contributed by atoms with van der Waals surface area (Å²) in [7, 11) is -3.71. The van der Waals surface area contributed by atoms with Crippen LogP contribution in [0.2, 0.25) is 0 Å². The monoisotopic (exact) mass is 292 g/mol. The zero-order valence-corrected chi connectivity index (χ0v) is 11.8. The van der Waals surface area contributed by atoms with Crippen molar-refractivity contribution in [2.75, 3.05) is 5.32 Å². The van der Waals surface area contributed by atoms with Crippen LogP contribution in [-0.4, -0.2) is 13.5 Å². The summed E-state index contributed by atoms with van der Waals surface area (Å²) in [6.07, 6.45) is 0. The molecule has 0 aliphatic carbocycles. The van der Waals surface area contributed by atoms with Crippen molar-refractivity contribution in [2.24, 2.45) is 5.14 Å². The molecule has 0 saturated heterocycles. The molecular formula is C14H16N2O3S. The minimum atomic E-state index is -3.71. The summed E-state index contributed by atoms with van der Waals surface area (Å²) in [4.78, 5) is 0.0518. The van der Waals surface area contributed by atoms with Gasteiger partial charge in [0.2, 0.25) is 10.0 Å². The van der Waals surface area contributed by atoms with Crippen molar-refractivity contribution in [2.45, 2.75) is 18.4 Å². The number of phenols is 1. The number of aromatic hydroxyl groups is 1. The predicted octanol–water partition coefficient (Wildman–Crippen LogP) is 1.96. The summed E-state index contributed by atoms with van der Waals surface area (Å²) in [5.41, 5.74) is 2.40. The van der Waals surface area contributed by atoms with Crippen molar-refractivity contribution in [1.82, 2.24) is 0 Å². The van der Waals surface area contributed by atoms with E-state index in [4.69, 9.17) is 5.14 Å². The van der Waals surface area contributed by atoms with Crippen molar-refractivity contribution >= 4 is 15.7 Å². The molecule has 0 amide bonds. The van der Waals surface area contributed by atoms with Gasteiger partial charge in [-0.15, -0.1) is 0 Å². The number of sulfonamides is 1. The highest BCUT2D eigenvalue weighted by Gasteiger charge is 2.08. The molecule has 4 N–H and O–H groups in total. The standard InChI is InChI=1S/C14H16N2O3S/c1-10-5-6-14(17)11(7-10)9-16-12-3-2-4-13(8-12)20(15,18)19/h2-8,16-17H,9H2,1H3,(H2,15,18,19). The van der Waals surface area contributed by atoms with E-state index in [9.17, 15) is 13.5 Å². The summed E-state index contributed by atoms with van der Waals surface area (Å²) in [6.45, 7) is 2.33. The topological polar surface area (TPSA) is 92.4 Å². The van der Waals surface area contributed by atoms with Gasteiger partial charge in [0.05, 0.1) is 4.90 Å². The maximum Gasteiger partial charge on any atom is 0.238 e. The number of benzene rings is 2. The summed E-state index contributed by atoms with van der Waals surface area (Å²) in [5.74, 6) is 0.200. The number of aryl methyl sites for hydroxylation is 1. The summed E-state index contributed by atoms with van der Waals surface area (Å²) in [6, 6.07) is 11.6. The van der Waals surface area contributed by atoms with E-state index >= 15 is 0 Å². The lowest BCUT2D eigenvalue weighted by Gasteiger charge is -2.10. The first kappa shape index (κ1) is 14.4. The van der Waals surface area contributed by atoms with Crippen molar-refractivity contribution in [3.05, 3.63) is 53.6 Å². The number of hydrogen-bond acceptors (Lipinski definition) is 4. The number of rotatable bonds is 4. The van der Waals surface area contributed by atoms with Crippen LogP contribution in [-0.2, 0) is 16.6 Å². The van der Waals surface area contributed by atoms with Crippen molar-refractivity contribution in [1.29, 1.82) is 0 Å². The molecule has 2 rings (SSSR count). The predicted molar refractivity (Wildman–Crippen MR) is 78.0 cm³/mol. The number of nitrogens with two attached hydrogens (primary N) is 1. The number of anilines is 1. The fourth-order valence-electron chi connectivity index (χ4n) is 1.84. The fourth-order valence-corrected chi connectivity index (χ4v) is 2.40. The van der Waals surface area contributed by atoms with Crippen LogP contribution in [0.1, 0.15) is 11.1 Å². The Morgan fingerprint density at radius 3 is 2.65 bits per heavy atom. The van der Waals surface area contributed by atoms with Gasteiger partial charge in [0, 0.05) is 17.8 Å². The van der Waals surface area contributed by atoms with Gasteiger partial charge in [-0.1, -0.05) is 23.8 Å². The third-order valence-corrected chi connectivity index (χ3v) is 3.79. The van der Waals surface area contributed by atoms with Crippen LogP contribution in [0.15, 0.2) is 47.4 Å². The molecule has 6 heteroatoms. The summed E-state index contributed by atoms with van der Waals surface area (Å²) < 4.78 is 22.5. The van der Waals surface area contributed by atoms with Gasteiger partial charge < -0.3 is 10.4 Å². The Kier molecular flexibility index (Phi) is 3.96. The second kappa shape index (κ2) is 5.52. The second-order valence-electron chi connectivity index (χ2n) is 4.56. The van der Waals surface area contributed by atoms with Gasteiger partial charge in [-0.2, -0.15) is 0 Å². The van der Waals surface area contributed by atoms with E-state index in [0.717, 1.165) is 11.1 Å². The highest BCUT2D eigenvalue weighted by Crippen LogP contribution is 2.20. The van der Waals surface area contributed by atoms with Crippen LogP contribution in [0, 0.1) is 6.92 Å². The Hall–Kier alpha value is -2.05. The van der Waals surface area contributed by atoms with Crippen LogP contribution in [0.4, 0.5) is 5.69 Å². The number of primary sulfonamides is 1. The Labute approximate surface area is 118 Å². The Bertz CT molecular complexity index is 727. The molecule has 0 spiro atoms. The minimum absolute atomic E-state index is 0.0518. The van der Waals surface area contributed by atoms with Gasteiger partial charge in [-0.25, -0.2) is 13.6 Å². The van der Waals surface area contributed by atoms with Gasteiger partial charge >= 0.3 is 0 Å². The van der Waals surface area contributed by atoms with Crippen LogP contribution in [0.5, 0.6) is 5.75 Å². The summed E-state index contributed by atoms with van der Waals surface area (Å²) in [5, 5.41) is 17.9. The van der Waals surface area contributed by atoms with Crippen LogP contribution in [0.25, 0.3) is 0 Å². The molecule has 20 heavy (non-hydrogen) atoms. The molecule has 0 unspecified atom stereocenters. The molecule has 0 fully saturated rings. The van der Waals surface area contributed by atoms with Crippen molar-refractivity contribution < 1.29 is 13.5 Å². The smallest absolute Gasteiger partial charge is 0.238 e. The minimum Gasteiger partial charge on any atom is -0.508 e. The highest BCUT2D eigenvalue weighted by atomic mass is 32.2. The number of nitrogens with one attached hydrogen (secondary N) is 1. The van der Waals surface area contributed by atoms with E-state index in [1.807, 2.05) is 19.1 Å². The maximum atomic E-state index is 11.3. The summed E-state index contributed by atoms with van der Waals surface area (Å²) >= 11 is 0. The van der Waals surface area contributed by atoms with Gasteiger partial charge in [0.25, 0.3) is 0 Å². The highest BCUT2D eigenvalue weighted by molar-refractivity contribution is 7.89. The number of phenolic OH excluding ortho intramolecular Hbond substituents is 1. The molecule has 0 aliphatic heterocycles. The first-order chi connectivity index (χ1) is 9.36. The molecule has 0 aromatic heterocycles. The molecule has 2 aromatic rings.